The summed E-state index contributed by atoms with van der Waals surface area (Å²) in [5.74, 6) is -1.64. The predicted octanol–water partition coefficient (Wildman–Crippen LogP) is 3.83. The monoisotopic (exact) mass is 410 g/mol. The van der Waals surface area contributed by atoms with Gasteiger partial charge in [0.05, 0.1) is 26.1 Å². The third-order valence-corrected chi connectivity index (χ3v) is 5.53. The molecule has 30 heavy (non-hydrogen) atoms. The number of carbonyl (C=O) groups is 3. The minimum Gasteiger partial charge on any atom is -0.489 e. The van der Waals surface area contributed by atoms with Gasteiger partial charge >= 0.3 is 11.9 Å². The van der Waals surface area contributed by atoms with Crippen LogP contribution in [0.3, 0.4) is 0 Å². The summed E-state index contributed by atoms with van der Waals surface area (Å²) in [4.78, 5) is 37.2. The number of rotatable bonds is 7. The SMILES string of the molecule is COC(=O)[C@@H]1CC(C(=O)c2ccc(OCc3ccccc3)cc2)C[C@H](C(=O)OC)C1. The Morgan fingerprint density at radius 2 is 1.30 bits per heavy atom. The van der Waals surface area contributed by atoms with Crippen molar-refractivity contribution in [3.8, 4) is 5.75 Å². The molecule has 1 aliphatic rings. The van der Waals surface area contributed by atoms with E-state index in [4.69, 9.17) is 14.2 Å². The fourth-order valence-corrected chi connectivity index (χ4v) is 3.94. The second kappa shape index (κ2) is 10.1. The molecule has 0 aliphatic heterocycles. The number of ketones is 1. The molecule has 0 radical (unpaired) electrons. The summed E-state index contributed by atoms with van der Waals surface area (Å²) in [6, 6.07) is 16.8. The lowest BCUT2D eigenvalue weighted by Gasteiger charge is -2.31. The highest BCUT2D eigenvalue weighted by Gasteiger charge is 2.40. The molecule has 0 N–H and O–H groups in total. The van der Waals surface area contributed by atoms with Gasteiger partial charge in [0, 0.05) is 11.5 Å². The minimum atomic E-state index is -0.490. The van der Waals surface area contributed by atoms with Crippen molar-refractivity contribution in [1.29, 1.82) is 0 Å². The van der Waals surface area contributed by atoms with Gasteiger partial charge in [0.1, 0.15) is 12.4 Å². The highest BCUT2D eigenvalue weighted by molar-refractivity contribution is 5.98. The van der Waals surface area contributed by atoms with Crippen molar-refractivity contribution in [1.82, 2.24) is 0 Å². The lowest BCUT2D eigenvalue weighted by atomic mass is 9.72. The van der Waals surface area contributed by atoms with Gasteiger partial charge in [-0.15, -0.1) is 0 Å². The summed E-state index contributed by atoms with van der Waals surface area (Å²) in [6.07, 6.45) is 1.08. The largest absolute Gasteiger partial charge is 0.489 e. The Labute approximate surface area is 176 Å². The van der Waals surface area contributed by atoms with E-state index in [-0.39, 0.29) is 5.78 Å². The molecule has 6 heteroatoms. The molecule has 3 atom stereocenters. The molecule has 1 aliphatic carbocycles. The fourth-order valence-electron chi connectivity index (χ4n) is 3.94. The molecule has 1 unspecified atom stereocenters. The highest BCUT2D eigenvalue weighted by Crippen LogP contribution is 2.36. The van der Waals surface area contributed by atoms with Crippen molar-refractivity contribution in [2.45, 2.75) is 25.9 Å². The summed E-state index contributed by atoms with van der Waals surface area (Å²) < 4.78 is 15.5. The summed E-state index contributed by atoms with van der Waals surface area (Å²) in [5, 5.41) is 0. The minimum absolute atomic E-state index is 0.0906. The van der Waals surface area contributed by atoms with Crippen LogP contribution < -0.4 is 4.74 Å². The maximum atomic E-state index is 13.1. The van der Waals surface area contributed by atoms with Crippen molar-refractivity contribution in [3.63, 3.8) is 0 Å². The third kappa shape index (κ3) is 5.26. The number of benzene rings is 2. The van der Waals surface area contributed by atoms with Crippen LogP contribution in [0.5, 0.6) is 5.75 Å². The standard InChI is InChI=1S/C24H26O6/c1-28-23(26)19-12-18(13-20(14-19)24(27)29-2)22(25)17-8-10-21(11-9-17)30-15-16-6-4-3-5-7-16/h3-11,18-20H,12-15H2,1-2H3/t18?,19-,20+. The number of carbonyl (C=O) groups excluding carboxylic acids is 3. The van der Waals surface area contributed by atoms with E-state index in [1.54, 1.807) is 24.3 Å². The average molecular weight is 410 g/mol. The van der Waals surface area contributed by atoms with Gasteiger partial charge in [0.2, 0.25) is 0 Å². The van der Waals surface area contributed by atoms with Gasteiger partial charge in [0.15, 0.2) is 5.78 Å². The van der Waals surface area contributed by atoms with E-state index in [0.717, 1.165) is 5.56 Å². The van der Waals surface area contributed by atoms with E-state index >= 15 is 0 Å². The molecule has 6 nitrogen and oxygen atoms in total. The van der Waals surface area contributed by atoms with Crippen molar-refractivity contribution >= 4 is 17.7 Å². The Morgan fingerprint density at radius 1 is 0.767 bits per heavy atom. The summed E-state index contributed by atoms with van der Waals surface area (Å²) >= 11 is 0. The van der Waals surface area contributed by atoms with Gasteiger partial charge in [0.25, 0.3) is 0 Å². The Balaban J connectivity index is 1.67. The van der Waals surface area contributed by atoms with Crippen LogP contribution in [0, 0.1) is 17.8 Å². The Kier molecular flexibility index (Phi) is 7.22. The van der Waals surface area contributed by atoms with Crippen LogP contribution in [0.2, 0.25) is 0 Å². The lowest BCUT2D eigenvalue weighted by molar-refractivity contribution is -0.152. The molecule has 0 bridgehead atoms. The van der Waals surface area contributed by atoms with Gasteiger partial charge in [-0.3, -0.25) is 14.4 Å². The summed E-state index contributed by atoms with van der Waals surface area (Å²) in [7, 11) is 2.63. The number of methoxy groups -OCH3 is 2. The number of ether oxygens (including phenoxy) is 3. The van der Waals surface area contributed by atoms with E-state index < -0.39 is 29.7 Å². The van der Waals surface area contributed by atoms with Crippen LogP contribution in [0.25, 0.3) is 0 Å². The zero-order valence-corrected chi connectivity index (χ0v) is 17.2. The van der Waals surface area contributed by atoms with E-state index in [0.29, 0.717) is 37.2 Å². The van der Waals surface area contributed by atoms with Crippen molar-refractivity contribution in [3.05, 3.63) is 65.7 Å². The molecule has 0 spiro atoms. The van der Waals surface area contributed by atoms with Gasteiger partial charge in [-0.1, -0.05) is 30.3 Å². The number of hydrogen-bond acceptors (Lipinski definition) is 6. The second-order valence-corrected chi connectivity index (χ2v) is 7.51. The van der Waals surface area contributed by atoms with Gasteiger partial charge in [-0.25, -0.2) is 0 Å². The first kappa shape index (κ1) is 21.6. The molecule has 2 aromatic rings. The van der Waals surface area contributed by atoms with Gasteiger partial charge in [-0.05, 0) is 49.1 Å². The van der Waals surface area contributed by atoms with Crippen LogP contribution in [-0.4, -0.2) is 31.9 Å². The van der Waals surface area contributed by atoms with Crippen LogP contribution in [0.4, 0.5) is 0 Å². The van der Waals surface area contributed by atoms with Crippen molar-refractivity contribution in [2.24, 2.45) is 17.8 Å². The van der Waals surface area contributed by atoms with E-state index in [2.05, 4.69) is 0 Å². The lowest BCUT2D eigenvalue weighted by Crippen LogP contribution is -2.36. The molecule has 1 fully saturated rings. The Hall–Kier alpha value is -3.15. The second-order valence-electron chi connectivity index (χ2n) is 7.51. The Bertz CT molecular complexity index is 850. The Morgan fingerprint density at radius 3 is 1.83 bits per heavy atom. The zero-order chi connectivity index (χ0) is 21.5. The van der Waals surface area contributed by atoms with Crippen LogP contribution >= 0.6 is 0 Å². The van der Waals surface area contributed by atoms with Crippen LogP contribution in [-0.2, 0) is 25.7 Å². The number of esters is 2. The third-order valence-electron chi connectivity index (χ3n) is 5.53. The first-order chi connectivity index (χ1) is 14.5. The van der Waals surface area contributed by atoms with E-state index in [1.165, 1.54) is 14.2 Å². The molecule has 0 aromatic heterocycles. The summed E-state index contributed by atoms with van der Waals surface area (Å²) in [5.41, 5.74) is 1.59. The zero-order valence-electron chi connectivity index (χ0n) is 17.2. The number of Topliss-reactive ketones (excluding diaryl/α,β-unsaturated/α-hetero) is 1. The molecule has 1 saturated carbocycles. The molecule has 2 aromatic carbocycles. The molecule has 0 saturated heterocycles. The molecule has 0 heterocycles. The van der Waals surface area contributed by atoms with Crippen molar-refractivity contribution in [2.75, 3.05) is 14.2 Å². The molecule has 158 valence electrons. The van der Waals surface area contributed by atoms with Crippen LogP contribution in [0.15, 0.2) is 54.6 Å². The first-order valence-electron chi connectivity index (χ1n) is 9.98. The maximum absolute atomic E-state index is 13.1. The average Bonchev–Trinajstić information content (AvgIpc) is 2.81. The summed E-state index contributed by atoms with van der Waals surface area (Å²) in [6.45, 7) is 0.443. The van der Waals surface area contributed by atoms with E-state index in [9.17, 15) is 14.4 Å². The topological polar surface area (TPSA) is 78.9 Å². The van der Waals surface area contributed by atoms with Gasteiger partial charge in [-0.2, -0.15) is 0 Å². The molecular formula is C24H26O6. The van der Waals surface area contributed by atoms with E-state index in [1.807, 2.05) is 30.3 Å². The van der Waals surface area contributed by atoms with Crippen molar-refractivity contribution < 1.29 is 28.6 Å². The highest BCUT2D eigenvalue weighted by atomic mass is 16.5. The normalized spacial score (nSPS) is 20.8. The predicted molar refractivity (Wildman–Crippen MR) is 110 cm³/mol. The van der Waals surface area contributed by atoms with Crippen LogP contribution in [0.1, 0.15) is 35.2 Å². The smallest absolute Gasteiger partial charge is 0.308 e. The van der Waals surface area contributed by atoms with Gasteiger partial charge < -0.3 is 14.2 Å². The number of hydrogen-bond donors (Lipinski definition) is 0. The maximum Gasteiger partial charge on any atom is 0.308 e. The molecule has 3 rings (SSSR count). The quantitative estimate of drug-likeness (QED) is 0.510. The molecular weight excluding hydrogens is 384 g/mol. The first-order valence-corrected chi connectivity index (χ1v) is 9.98. The molecule has 0 amide bonds. The fraction of sp³-hybridized carbons (Fsp3) is 0.375.